The molecule has 0 saturated heterocycles. The molecule has 0 fully saturated rings. The van der Waals surface area contributed by atoms with Crippen molar-refractivity contribution in [3.63, 3.8) is 0 Å². The Morgan fingerprint density at radius 3 is 1.67 bits per heavy atom. The van der Waals surface area contributed by atoms with Gasteiger partial charge in [0.25, 0.3) is 0 Å². The second-order valence-electron chi connectivity index (χ2n) is 5.63. The summed E-state index contributed by atoms with van der Waals surface area (Å²) in [6, 6.07) is 15.3. The van der Waals surface area contributed by atoms with Crippen molar-refractivity contribution in [1.82, 2.24) is 0 Å². The van der Waals surface area contributed by atoms with E-state index in [0.717, 1.165) is 22.6 Å². The molecule has 1 unspecified atom stereocenters. The standard InChI is InChI=1S/C10H14O2.C10H12O2/c2*1-8(11)7-9-3-5-10(12-2)6-4-9/h3-6,8,11H,7H2,1-2H3;3-6H,7H2,1-2H3. The number of hydrogen-bond donors (Lipinski definition) is 1. The van der Waals surface area contributed by atoms with Crippen LogP contribution < -0.4 is 9.47 Å². The molecule has 2 aromatic rings. The van der Waals surface area contributed by atoms with Crippen molar-refractivity contribution in [1.29, 1.82) is 0 Å². The fourth-order valence-corrected chi connectivity index (χ4v) is 2.13. The van der Waals surface area contributed by atoms with Gasteiger partial charge in [0.05, 0.1) is 20.3 Å². The predicted octanol–water partition coefficient (Wildman–Crippen LogP) is 3.45. The molecule has 0 heterocycles. The van der Waals surface area contributed by atoms with E-state index in [-0.39, 0.29) is 11.9 Å². The molecule has 0 bridgehead atoms. The van der Waals surface area contributed by atoms with Crippen LogP contribution in [0, 0.1) is 0 Å². The number of rotatable bonds is 6. The highest BCUT2D eigenvalue weighted by Gasteiger charge is 1.98. The monoisotopic (exact) mass is 330 g/mol. The van der Waals surface area contributed by atoms with Gasteiger partial charge in [-0.25, -0.2) is 0 Å². The molecule has 4 nitrogen and oxygen atoms in total. The molecule has 0 aliphatic heterocycles. The summed E-state index contributed by atoms with van der Waals surface area (Å²) in [5.74, 6) is 1.85. The van der Waals surface area contributed by atoms with Crippen LogP contribution in [-0.2, 0) is 17.6 Å². The van der Waals surface area contributed by atoms with Gasteiger partial charge < -0.3 is 14.6 Å². The molecule has 2 aromatic carbocycles. The van der Waals surface area contributed by atoms with Gasteiger partial charge in [-0.1, -0.05) is 24.3 Å². The summed E-state index contributed by atoms with van der Waals surface area (Å²) < 4.78 is 10.0. The number of methoxy groups -OCH3 is 2. The van der Waals surface area contributed by atoms with E-state index in [2.05, 4.69) is 0 Å². The van der Waals surface area contributed by atoms with Gasteiger partial charge in [0.15, 0.2) is 0 Å². The maximum atomic E-state index is 10.7. The lowest BCUT2D eigenvalue weighted by Gasteiger charge is -2.04. The molecule has 0 aliphatic carbocycles. The Morgan fingerprint density at radius 1 is 0.917 bits per heavy atom. The van der Waals surface area contributed by atoms with Crippen molar-refractivity contribution in [2.45, 2.75) is 32.8 Å². The van der Waals surface area contributed by atoms with Gasteiger partial charge in [-0.05, 0) is 55.7 Å². The summed E-state index contributed by atoms with van der Waals surface area (Å²) in [7, 11) is 3.27. The van der Waals surface area contributed by atoms with Crippen LogP contribution in [0.5, 0.6) is 11.5 Å². The van der Waals surface area contributed by atoms with Gasteiger partial charge >= 0.3 is 0 Å². The fourth-order valence-electron chi connectivity index (χ4n) is 2.13. The first-order valence-electron chi connectivity index (χ1n) is 7.88. The third-order valence-electron chi connectivity index (χ3n) is 3.30. The summed E-state index contributed by atoms with van der Waals surface area (Å²) in [5.41, 5.74) is 2.16. The zero-order chi connectivity index (χ0) is 17.9. The normalized spacial score (nSPS) is 11.0. The summed E-state index contributed by atoms with van der Waals surface area (Å²) in [4.78, 5) is 10.7. The number of aliphatic hydroxyl groups excluding tert-OH is 1. The summed E-state index contributed by atoms with van der Waals surface area (Å²) >= 11 is 0. The Kier molecular flexibility index (Phi) is 8.58. The Balaban J connectivity index is 0.000000240. The highest BCUT2D eigenvalue weighted by atomic mass is 16.5. The van der Waals surface area contributed by atoms with Crippen molar-refractivity contribution < 1.29 is 19.4 Å². The lowest BCUT2D eigenvalue weighted by Crippen LogP contribution is -2.03. The Labute approximate surface area is 144 Å². The molecule has 0 aromatic heterocycles. The molecule has 0 aliphatic rings. The molecular formula is C20H26O4. The minimum atomic E-state index is -0.279. The Hall–Kier alpha value is -2.33. The highest BCUT2D eigenvalue weighted by Crippen LogP contribution is 2.12. The molecule has 24 heavy (non-hydrogen) atoms. The SMILES string of the molecule is COc1ccc(CC(C)=O)cc1.COc1ccc(CC(C)O)cc1. The minimum Gasteiger partial charge on any atom is -0.497 e. The molecule has 4 heteroatoms. The van der Waals surface area contributed by atoms with Crippen molar-refractivity contribution in [3.05, 3.63) is 59.7 Å². The van der Waals surface area contributed by atoms with E-state index >= 15 is 0 Å². The summed E-state index contributed by atoms with van der Waals surface area (Å²) in [5, 5.41) is 9.10. The number of ketones is 1. The molecule has 0 radical (unpaired) electrons. The third-order valence-corrected chi connectivity index (χ3v) is 3.30. The van der Waals surface area contributed by atoms with Crippen LogP contribution in [0.15, 0.2) is 48.5 Å². The van der Waals surface area contributed by atoms with Gasteiger partial charge in [0.2, 0.25) is 0 Å². The third kappa shape index (κ3) is 7.79. The van der Waals surface area contributed by atoms with Gasteiger partial charge in [0.1, 0.15) is 17.3 Å². The molecule has 2 rings (SSSR count). The lowest BCUT2D eigenvalue weighted by atomic mass is 10.1. The second-order valence-corrected chi connectivity index (χ2v) is 5.63. The number of aliphatic hydroxyl groups is 1. The van der Waals surface area contributed by atoms with E-state index < -0.39 is 0 Å². The average molecular weight is 330 g/mol. The van der Waals surface area contributed by atoms with Crippen LogP contribution in [0.1, 0.15) is 25.0 Å². The number of carbonyl (C=O) groups excluding carboxylic acids is 1. The van der Waals surface area contributed by atoms with Crippen LogP contribution >= 0.6 is 0 Å². The fraction of sp³-hybridized carbons (Fsp3) is 0.350. The molecule has 130 valence electrons. The topological polar surface area (TPSA) is 55.8 Å². The molecule has 0 amide bonds. The van der Waals surface area contributed by atoms with E-state index in [1.165, 1.54) is 0 Å². The van der Waals surface area contributed by atoms with Gasteiger partial charge in [-0.2, -0.15) is 0 Å². The van der Waals surface area contributed by atoms with Crippen LogP contribution in [0.4, 0.5) is 0 Å². The first-order chi connectivity index (χ1) is 11.4. The van der Waals surface area contributed by atoms with E-state index in [0.29, 0.717) is 12.8 Å². The highest BCUT2D eigenvalue weighted by molar-refractivity contribution is 5.78. The van der Waals surface area contributed by atoms with E-state index in [1.807, 2.05) is 48.5 Å². The second kappa shape index (κ2) is 10.4. The smallest absolute Gasteiger partial charge is 0.134 e. The average Bonchev–Trinajstić information content (AvgIpc) is 2.56. The number of Topliss-reactive ketones (excluding diaryl/α,β-unsaturated/α-hetero) is 1. The summed E-state index contributed by atoms with van der Waals surface area (Å²) in [6.45, 7) is 3.37. The van der Waals surface area contributed by atoms with Crippen molar-refractivity contribution in [3.8, 4) is 11.5 Å². The van der Waals surface area contributed by atoms with Gasteiger partial charge in [-0.3, -0.25) is 4.79 Å². The molecule has 0 saturated carbocycles. The number of carbonyl (C=O) groups is 1. The van der Waals surface area contributed by atoms with E-state index in [4.69, 9.17) is 14.6 Å². The summed E-state index contributed by atoms with van der Waals surface area (Å²) in [6.07, 6.45) is 0.923. The lowest BCUT2D eigenvalue weighted by molar-refractivity contribution is -0.116. The van der Waals surface area contributed by atoms with Crippen LogP contribution in [0.2, 0.25) is 0 Å². The number of ether oxygens (including phenoxy) is 2. The molecule has 1 atom stereocenters. The number of hydrogen-bond acceptors (Lipinski definition) is 4. The minimum absolute atomic E-state index is 0.181. The van der Waals surface area contributed by atoms with E-state index in [1.54, 1.807) is 28.1 Å². The Bertz CT molecular complexity index is 601. The first kappa shape index (κ1) is 19.7. The molecule has 1 N–H and O–H groups in total. The molecular weight excluding hydrogens is 304 g/mol. The maximum Gasteiger partial charge on any atom is 0.134 e. The van der Waals surface area contributed by atoms with Crippen molar-refractivity contribution in [2.75, 3.05) is 14.2 Å². The van der Waals surface area contributed by atoms with Crippen LogP contribution in [0.3, 0.4) is 0 Å². The Morgan fingerprint density at radius 2 is 1.33 bits per heavy atom. The quantitative estimate of drug-likeness (QED) is 0.881. The maximum absolute atomic E-state index is 10.7. The molecule has 0 spiro atoms. The van der Waals surface area contributed by atoms with Crippen LogP contribution in [-0.4, -0.2) is 31.2 Å². The van der Waals surface area contributed by atoms with E-state index in [9.17, 15) is 4.79 Å². The van der Waals surface area contributed by atoms with Gasteiger partial charge in [-0.15, -0.1) is 0 Å². The first-order valence-corrected chi connectivity index (χ1v) is 7.88. The van der Waals surface area contributed by atoms with Crippen molar-refractivity contribution >= 4 is 5.78 Å². The van der Waals surface area contributed by atoms with Gasteiger partial charge in [0, 0.05) is 6.42 Å². The zero-order valence-electron chi connectivity index (χ0n) is 14.8. The van der Waals surface area contributed by atoms with Crippen molar-refractivity contribution in [2.24, 2.45) is 0 Å². The van der Waals surface area contributed by atoms with Crippen LogP contribution in [0.25, 0.3) is 0 Å². The largest absolute Gasteiger partial charge is 0.497 e. The number of benzene rings is 2. The zero-order valence-corrected chi connectivity index (χ0v) is 14.8. The predicted molar refractivity (Wildman–Crippen MR) is 95.8 cm³/mol.